The molecule has 2 N–H and O–H groups in total. The lowest BCUT2D eigenvalue weighted by Gasteiger charge is -2.23. The number of anilines is 1. The van der Waals surface area contributed by atoms with Gasteiger partial charge in [0, 0.05) is 23.9 Å². The molecule has 0 fully saturated rings. The Morgan fingerprint density at radius 1 is 1.58 bits per heavy atom. The zero-order chi connectivity index (χ0) is 14.5. The summed E-state index contributed by atoms with van der Waals surface area (Å²) in [4.78, 5) is 21.0. The zero-order valence-corrected chi connectivity index (χ0v) is 11.6. The number of rotatable bonds is 7. The predicted octanol–water partition coefficient (Wildman–Crippen LogP) is 1.93. The van der Waals surface area contributed by atoms with Gasteiger partial charge in [-0.2, -0.15) is 11.8 Å². The molecule has 0 aliphatic heterocycles. The van der Waals surface area contributed by atoms with E-state index < -0.39 is 10.5 Å². The van der Waals surface area contributed by atoms with E-state index in [1.54, 1.807) is 6.92 Å². The Hall–Kier alpha value is -1.60. The van der Waals surface area contributed by atoms with Gasteiger partial charge in [-0.1, -0.05) is 0 Å². The van der Waals surface area contributed by atoms with Gasteiger partial charge in [-0.15, -0.1) is 0 Å². The van der Waals surface area contributed by atoms with E-state index in [0.717, 1.165) is 0 Å². The van der Waals surface area contributed by atoms with Crippen molar-refractivity contribution in [2.24, 2.45) is 0 Å². The standard InChI is InChI=1S/C12H16N2O4S/c1-12(16,8-19-2)7-13-10-4-3-9(6-15)5-11(10)14(17)18/h3-6,13,16H,7-8H2,1-2H3. The molecule has 6 nitrogen and oxygen atoms in total. The van der Waals surface area contributed by atoms with Gasteiger partial charge in [0.05, 0.1) is 10.5 Å². The second kappa shape index (κ2) is 6.53. The molecule has 1 aromatic carbocycles. The van der Waals surface area contributed by atoms with Crippen molar-refractivity contribution < 1.29 is 14.8 Å². The molecule has 0 spiro atoms. The lowest BCUT2D eigenvalue weighted by Crippen LogP contribution is -2.36. The first-order valence-electron chi connectivity index (χ1n) is 5.58. The summed E-state index contributed by atoms with van der Waals surface area (Å²) in [5.74, 6) is 0.514. The average molecular weight is 284 g/mol. The molecule has 0 radical (unpaired) electrons. The van der Waals surface area contributed by atoms with Crippen LogP contribution in [-0.4, -0.2) is 40.5 Å². The van der Waals surface area contributed by atoms with Gasteiger partial charge in [-0.25, -0.2) is 0 Å². The molecule has 0 heterocycles. The largest absolute Gasteiger partial charge is 0.387 e. The molecular weight excluding hydrogens is 268 g/mol. The second-order valence-corrected chi connectivity index (χ2v) is 5.30. The van der Waals surface area contributed by atoms with Gasteiger partial charge >= 0.3 is 0 Å². The number of nitrogens with one attached hydrogen (secondary N) is 1. The van der Waals surface area contributed by atoms with Crippen molar-refractivity contribution in [3.8, 4) is 0 Å². The Morgan fingerprint density at radius 3 is 2.79 bits per heavy atom. The number of aldehydes is 1. The quantitative estimate of drug-likeness (QED) is 0.451. The topological polar surface area (TPSA) is 92.5 Å². The van der Waals surface area contributed by atoms with E-state index in [4.69, 9.17) is 0 Å². The van der Waals surface area contributed by atoms with Gasteiger partial charge in [-0.05, 0) is 25.3 Å². The summed E-state index contributed by atoms with van der Waals surface area (Å²) in [7, 11) is 0. The number of carbonyl (C=O) groups excluding carboxylic acids is 1. The molecule has 0 amide bonds. The number of nitrogens with zero attached hydrogens (tertiary/aromatic N) is 1. The molecule has 1 atom stereocenters. The number of hydrogen-bond donors (Lipinski definition) is 2. The molecule has 0 saturated carbocycles. The number of nitro benzene ring substituents is 1. The number of nitro groups is 1. The summed E-state index contributed by atoms with van der Waals surface area (Å²) >= 11 is 1.49. The first kappa shape index (κ1) is 15.5. The molecule has 0 aromatic heterocycles. The summed E-state index contributed by atoms with van der Waals surface area (Å²) in [6.45, 7) is 1.84. The minimum atomic E-state index is -0.962. The minimum Gasteiger partial charge on any atom is -0.387 e. The van der Waals surface area contributed by atoms with E-state index in [-0.39, 0.29) is 23.5 Å². The molecule has 1 aromatic rings. The highest BCUT2D eigenvalue weighted by Gasteiger charge is 2.21. The van der Waals surface area contributed by atoms with Gasteiger partial charge in [0.1, 0.15) is 12.0 Å². The second-order valence-electron chi connectivity index (χ2n) is 4.44. The monoisotopic (exact) mass is 284 g/mol. The van der Waals surface area contributed by atoms with E-state index in [9.17, 15) is 20.0 Å². The highest BCUT2D eigenvalue weighted by Crippen LogP contribution is 2.25. The SMILES string of the molecule is CSCC(C)(O)CNc1ccc(C=O)cc1[N+](=O)[O-]. The number of benzene rings is 1. The van der Waals surface area contributed by atoms with Crippen molar-refractivity contribution >= 4 is 29.4 Å². The maximum absolute atomic E-state index is 10.9. The molecule has 0 bridgehead atoms. The van der Waals surface area contributed by atoms with Crippen LogP contribution >= 0.6 is 11.8 Å². The lowest BCUT2D eigenvalue weighted by molar-refractivity contribution is -0.384. The third-order valence-corrected chi connectivity index (χ3v) is 3.38. The van der Waals surface area contributed by atoms with Crippen LogP contribution in [0.1, 0.15) is 17.3 Å². The van der Waals surface area contributed by atoms with E-state index >= 15 is 0 Å². The highest BCUT2D eigenvalue weighted by molar-refractivity contribution is 7.98. The number of carbonyl (C=O) groups is 1. The minimum absolute atomic E-state index is 0.176. The first-order valence-corrected chi connectivity index (χ1v) is 6.98. The fourth-order valence-corrected chi connectivity index (χ4v) is 2.29. The van der Waals surface area contributed by atoms with E-state index in [2.05, 4.69) is 5.32 Å². The maximum atomic E-state index is 10.9. The smallest absolute Gasteiger partial charge is 0.293 e. The van der Waals surface area contributed by atoms with Gasteiger partial charge in [0.25, 0.3) is 5.69 Å². The molecule has 0 aliphatic carbocycles. The third kappa shape index (κ3) is 4.53. The van der Waals surface area contributed by atoms with Crippen molar-refractivity contribution in [3.05, 3.63) is 33.9 Å². The first-order chi connectivity index (χ1) is 8.89. The third-order valence-electron chi connectivity index (χ3n) is 2.47. The van der Waals surface area contributed by atoms with Crippen LogP contribution in [0.15, 0.2) is 18.2 Å². The van der Waals surface area contributed by atoms with E-state index in [1.165, 1.54) is 30.0 Å². The van der Waals surface area contributed by atoms with Crippen LogP contribution in [0.2, 0.25) is 0 Å². The van der Waals surface area contributed by atoms with E-state index in [0.29, 0.717) is 12.0 Å². The van der Waals surface area contributed by atoms with Crippen molar-refractivity contribution in [3.63, 3.8) is 0 Å². The number of aliphatic hydroxyl groups is 1. The summed E-state index contributed by atoms with van der Waals surface area (Å²) in [6.07, 6.45) is 2.43. The molecule has 1 rings (SSSR count). The van der Waals surface area contributed by atoms with Crippen LogP contribution in [0.25, 0.3) is 0 Å². The van der Waals surface area contributed by atoms with Gasteiger partial charge < -0.3 is 10.4 Å². The van der Waals surface area contributed by atoms with Crippen LogP contribution in [0.4, 0.5) is 11.4 Å². The maximum Gasteiger partial charge on any atom is 0.293 e. The molecule has 1 unspecified atom stereocenters. The van der Waals surface area contributed by atoms with Crippen molar-refractivity contribution in [2.45, 2.75) is 12.5 Å². The Labute approximate surface area is 115 Å². The fraction of sp³-hybridized carbons (Fsp3) is 0.417. The summed E-state index contributed by atoms with van der Waals surface area (Å²) in [6, 6.07) is 4.17. The van der Waals surface area contributed by atoms with Crippen LogP contribution in [0.5, 0.6) is 0 Å². The number of thioether (sulfide) groups is 1. The van der Waals surface area contributed by atoms with Crippen LogP contribution in [0, 0.1) is 10.1 Å². The lowest BCUT2D eigenvalue weighted by atomic mass is 10.1. The molecule has 19 heavy (non-hydrogen) atoms. The molecule has 0 aliphatic rings. The zero-order valence-electron chi connectivity index (χ0n) is 10.8. The Morgan fingerprint density at radius 2 is 2.26 bits per heavy atom. The molecule has 7 heteroatoms. The van der Waals surface area contributed by atoms with Gasteiger partial charge in [0.15, 0.2) is 0 Å². The number of hydrogen-bond acceptors (Lipinski definition) is 6. The summed E-state index contributed by atoms with van der Waals surface area (Å²) in [5, 5.41) is 23.8. The van der Waals surface area contributed by atoms with Crippen LogP contribution < -0.4 is 5.32 Å². The van der Waals surface area contributed by atoms with Crippen molar-refractivity contribution in [1.82, 2.24) is 0 Å². The van der Waals surface area contributed by atoms with Gasteiger partial charge in [0.2, 0.25) is 0 Å². The van der Waals surface area contributed by atoms with E-state index in [1.807, 2.05) is 6.26 Å². The average Bonchev–Trinajstić information content (AvgIpc) is 2.36. The molecule has 104 valence electrons. The summed E-state index contributed by atoms with van der Waals surface area (Å²) in [5.41, 5.74) is -0.606. The molecular formula is C12H16N2O4S. The molecule has 0 saturated heterocycles. The summed E-state index contributed by atoms with van der Waals surface area (Å²) < 4.78 is 0. The van der Waals surface area contributed by atoms with Gasteiger partial charge in [-0.3, -0.25) is 14.9 Å². The normalized spacial score (nSPS) is 13.6. The fourth-order valence-electron chi connectivity index (χ4n) is 1.57. The Kier molecular flexibility index (Phi) is 5.31. The predicted molar refractivity (Wildman–Crippen MR) is 76.0 cm³/mol. The van der Waals surface area contributed by atoms with Crippen molar-refractivity contribution in [1.29, 1.82) is 0 Å². The van der Waals surface area contributed by atoms with Crippen LogP contribution in [-0.2, 0) is 0 Å². The Balaban J connectivity index is 2.89. The van der Waals surface area contributed by atoms with Crippen LogP contribution in [0.3, 0.4) is 0 Å². The highest BCUT2D eigenvalue weighted by atomic mass is 32.2. The Bertz CT molecular complexity index is 477. The van der Waals surface area contributed by atoms with Crippen molar-refractivity contribution in [2.75, 3.05) is 23.9 Å².